The van der Waals surface area contributed by atoms with E-state index in [0.717, 1.165) is 18.8 Å². The molecule has 1 aliphatic rings. The molecular weight excluding hydrogens is 238 g/mol. The molecule has 1 aromatic carbocycles. The Bertz CT molecular complexity index is 427. The molecule has 1 saturated heterocycles. The third-order valence-electron chi connectivity index (χ3n) is 3.76. The van der Waals surface area contributed by atoms with E-state index in [1.165, 1.54) is 12.8 Å². The summed E-state index contributed by atoms with van der Waals surface area (Å²) >= 11 is 0. The number of anilines is 1. The SMILES string of the molecule is CNc1ccccc1C(=O)NCC(C)N1CCCC1. The molecule has 4 heteroatoms. The summed E-state index contributed by atoms with van der Waals surface area (Å²) in [4.78, 5) is 14.6. The predicted octanol–water partition coefficient (Wildman–Crippen LogP) is 1.94. The van der Waals surface area contributed by atoms with Gasteiger partial charge in [0.1, 0.15) is 0 Å². The number of likely N-dealkylation sites (tertiary alicyclic amines) is 1. The standard InChI is InChI=1S/C15H23N3O/c1-12(18-9-5-6-10-18)11-17-15(19)13-7-3-4-8-14(13)16-2/h3-4,7-8,12,16H,5-6,9-11H2,1-2H3,(H,17,19). The Kier molecular flexibility index (Phi) is 4.80. The van der Waals surface area contributed by atoms with Gasteiger partial charge in [-0.25, -0.2) is 0 Å². The van der Waals surface area contributed by atoms with E-state index in [4.69, 9.17) is 0 Å². The van der Waals surface area contributed by atoms with Crippen LogP contribution in [0.5, 0.6) is 0 Å². The van der Waals surface area contributed by atoms with Gasteiger partial charge in [0.15, 0.2) is 0 Å². The van der Waals surface area contributed by atoms with Gasteiger partial charge in [-0.15, -0.1) is 0 Å². The van der Waals surface area contributed by atoms with Crippen molar-refractivity contribution in [1.82, 2.24) is 10.2 Å². The lowest BCUT2D eigenvalue weighted by atomic mass is 10.1. The molecule has 2 rings (SSSR count). The summed E-state index contributed by atoms with van der Waals surface area (Å²) in [5, 5.41) is 6.08. The fourth-order valence-corrected chi connectivity index (χ4v) is 2.55. The normalized spacial score (nSPS) is 17.2. The Morgan fingerprint density at radius 2 is 2.00 bits per heavy atom. The van der Waals surface area contributed by atoms with Crippen LogP contribution in [0.15, 0.2) is 24.3 Å². The van der Waals surface area contributed by atoms with Gasteiger partial charge in [-0.05, 0) is 45.0 Å². The molecule has 0 aromatic heterocycles. The van der Waals surface area contributed by atoms with Gasteiger partial charge in [0.2, 0.25) is 0 Å². The minimum atomic E-state index is -0.00371. The Morgan fingerprint density at radius 3 is 2.68 bits per heavy atom. The van der Waals surface area contributed by atoms with Crippen molar-refractivity contribution in [2.45, 2.75) is 25.8 Å². The van der Waals surface area contributed by atoms with Gasteiger partial charge in [-0.1, -0.05) is 12.1 Å². The van der Waals surface area contributed by atoms with Crippen LogP contribution in [0.2, 0.25) is 0 Å². The number of hydrogen-bond donors (Lipinski definition) is 2. The second-order valence-electron chi connectivity index (χ2n) is 5.10. The number of carbonyl (C=O) groups is 1. The molecule has 0 aliphatic carbocycles. The number of benzene rings is 1. The van der Waals surface area contributed by atoms with Crippen molar-refractivity contribution >= 4 is 11.6 Å². The molecule has 1 atom stereocenters. The van der Waals surface area contributed by atoms with Crippen LogP contribution in [0.4, 0.5) is 5.69 Å². The monoisotopic (exact) mass is 261 g/mol. The fraction of sp³-hybridized carbons (Fsp3) is 0.533. The minimum absolute atomic E-state index is 0.00371. The highest BCUT2D eigenvalue weighted by atomic mass is 16.1. The van der Waals surface area contributed by atoms with Crippen molar-refractivity contribution < 1.29 is 4.79 Å². The third-order valence-corrected chi connectivity index (χ3v) is 3.76. The number of amides is 1. The molecule has 0 bridgehead atoms. The second-order valence-corrected chi connectivity index (χ2v) is 5.10. The van der Waals surface area contributed by atoms with E-state index < -0.39 is 0 Å². The van der Waals surface area contributed by atoms with E-state index in [1.54, 1.807) is 0 Å². The average molecular weight is 261 g/mol. The Balaban J connectivity index is 1.90. The minimum Gasteiger partial charge on any atom is -0.387 e. The predicted molar refractivity (Wildman–Crippen MR) is 78.6 cm³/mol. The molecule has 1 heterocycles. The van der Waals surface area contributed by atoms with Gasteiger partial charge in [0.05, 0.1) is 5.56 Å². The number of hydrogen-bond acceptors (Lipinski definition) is 3. The zero-order valence-corrected chi connectivity index (χ0v) is 11.8. The average Bonchev–Trinajstić information content (AvgIpc) is 2.98. The van der Waals surface area contributed by atoms with E-state index in [0.29, 0.717) is 18.2 Å². The summed E-state index contributed by atoms with van der Waals surface area (Å²) in [5.41, 5.74) is 1.58. The van der Waals surface area contributed by atoms with Gasteiger partial charge < -0.3 is 10.6 Å². The molecular formula is C15H23N3O. The summed E-state index contributed by atoms with van der Waals surface area (Å²) in [6.45, 7) is 5.20. The molecule has 1 unspecified atom stereocenters. The van der Waals surface area contributed by atoms with Crippen molar-refractivity contribution in [3.05, 3.63) is 29.8 Å². The summed E-state index contributed by atoms with van der Waals surface area (Å²) in [7, 11) is 1.83. The number of nitrogens with zero attached hydrogens (tertiary/aromatic N) is 1. The van der Waals surface area contributed by atoms with Gasteiger partial charge in [-0.3, -0.25) is 9.69 Å². The van der Waals surface area contributed by atoms with E-state index in [9.17, 15) is 4.79 Å². The molecule has 1 fully saturated rings. The fourth-order valence-electron chi connectivity index (χ4n) is 2.55. The zero-order valence-electron chi connectivity index (χ0n) is 11.8. The maximum atomic E-state index is 12.2. The van der Waals surface area contributed by atoms with Crippen LogP contribution >= 0.6 is 0 Å². The molecule has 1 amide bonds. The van der Waals surface area contributed by atoms with Crippen molar-refractivity contribution in [2.75, 3.05) is 32.0 Å². The van der Waals surface area contributed by atoms with Gasteiger partial charge >= 0.3 is 0 Å². The third kappa shape index (κ3) is 3.47. The first-order chi connectivity index (χ1) is 9.22. The Hall–Kier alpha value is -1.55. The van der Waals surface area contributed by atoms with Crippen LogP contribution < -0.4 is 10.6 Å². The smallest absolute Gasteiger partial charge is 0.253 e. The van der Waals surface area contributed by atoms with E-state index >= 15 is 0 Å². The van der Waals surface area contributed by atoms with Crippen LogP contribution in [-0.2, 0) is 0 Å². The molecule has 0 saturated carbocycles. The lowest BCUT2D eigenvalue weighted by molar-refractivity contribution is 0.0941. The molecule has 1 aliphatic heterocycles. The number of para-hydroxylation sites is 1. The van der Waals surface area contributed by atoms with E-state index in [1.807, 2.05) is 31.3 Å². The topological polar surface area (TPSA) is 44.4 Å². The summed E-state index contributed by atoms with van der Waals surface area (Å²) in [6, 6.07) is 7.99. The largest absolute Gasteiger partial charge is 0.387 e. The Labute approximate surface area is 115 Å². The van der Waals surface area contributed by atoms with Crippen LogP contribution in [0.3, 0.4) is 0 Å². The molecule has 4 nitrogen and oxygen atoms in total. The highest BCUT2D eigenvalue weighted by molar-refractivity contribution is 5.99. The first-order valence-electron chi connectivity index (χ1n) is 7.01. The maximum Gasteiger partial charge on any atom is 0.253 e. The van der Waals surface area contributed by atoms with Crippen LogP contribution in [-0.4, -0.2) is 43.5 Å². The Morgan fingerprint density at radius 1 is 1.32 bits per heavy atom. The van der Waals surface area contributed by atoms with Crippen LogP contribution in [0.1, 0.15) is 30.1 Å². The first-order valence-corrected chi connectivity index (χ1v) is 7.01. The maximum absolute atomic E-state index is 12.2. The van der Waals surface area contributed by atoms with Gasteiger partial charge in [-0.2, -0.15) is 0 Å². The number of nitrogens with one attached hydrogen (secondary N) is 2. The van der Waals surface area contributed by atoms with Crippen molar-refractivity contribution in [2.24, 2.45) is 0 Å². The molecule has 19 heavy (non-hydrogen) atoms. The summed E-state index contributed by atoms with van der Waals surface area (Å²) in [5.74, 6) is -0.00371. The molecule has 0 radical (unpaired) electrons. The van der Waals surface area contributed by atoms with E-state index in [-0.39, 0.29) is 5.91 Å². The number of rotatable bonds is 5. The number of carbonyl (C=O) groups excluding carboxylic acids is 1. The zero-order chi connectivity index (χ0) is 13.7. The van der Waals surface area contributed by atoms with E-state index in [2.05, 4.69) is 22.5 Å². The van der Waals surface area contributed by atoms with Crippen molar-refractivity contribution in [1.29, 1.82) is 0 Å². The molecule has 0 spiro atoms. The van der Waals surface area contributed by atoms with Crippen molar-refractivity contribution in [3.63, 3.8) is 0 Å². The van der Waals surface area contributed by atoms with Crippen LogP contribution in [0.25, 0.3) is 0 Å². The molecule has 2 N–H and O–H groups in total. The lowest BCUT2D eigenvalue weighted by Crippen LogP contribution is -2.40. The first kappa shape index (κ1) is 13.9. The van der Waals surface area contributed by atoms with Gasteiger partial charge in [0, 0.05) is 25.3 Å². The lowest BCUT2D eigenvalue weighted by Gasteiger charge is -2.24. The van der Waals surface area contributed by atoms with Gasteiger partial charge in [0.25, 0.3) is 5.91 Å². The quantitative estimate of drug-likeness (QED) is 0.851. The highest BCUT2D eigenvalue weighted by Crippen LogP contribution is 2.14. The molecule has 104 valence electrons. The molecule has 1 aromatic rings. The summed E-state index contributed by atoms with van der Waals surface area (Å²) in [6.07, 6.45) is 2.56. The second kappa shape index (κ2) is 6.57. The highest BCUT2D eigenvalue weighted by Gasteiger charge is 2.19. The van der Waals surface area contributed by atoms with Crippen LogP contribution in [0, 0.1) is 0 Å². The van der Waals surface area contributed by atoms with Crippen molar-refractivity contribution in [3.8, 4) is 0 Å². The summed E-state index contributed by atoms with van der Waals surface area (Å²) < 4.78 is 0.